The summed E-state index contributed by atoms with van der Waals surface area (Å²) in [6, 6.07) is 6.36. The van der Waals surface area contributed by atoms with Crippen molar-refractivity contribution in [2.24, 2.45) is 0 Å². The summed E-state index contributed by atoms with van der Waals surface area (Å²) in [7, 11) is 0. The zero-order valence-corrected chi connectivity index (χ0v) is 14.5. The molecule has 1 aromatic rings. The van der Waals surface area contributed by atoms with Crippen LogP contribution in [0, 0.1) is 6.92 Å². The number of unbranched alkanes of at least 4 members (excludes halogenated alkanes) is 2. The number of nitrogens with one attached hydrogen (secondary N) is 1. The van der Waals surface area contributed by atoms with Gasteiger partial charge in [-0.05, 0) is 32.4 Å². The summed E-state index contributed by atoms with van der Waals surface area (Å²) in [4.78, 5) is 39.4. The maximum atomic E-state index is 12.6. The van der Waals surface area contributed by atoms with Crippen LogP contribution >= 0.6 is 0 Å². The maximum Gasteiger partial charge on any atom is 0.332 e. The van der Waals surface area contributed by atoms with Crippen molar-refractivity contribution >= 4 is 23.5 Å². The lowest BCUT2D eigenvalue weighted by Gasteiger charge is -2.19. The maximum absolute atomic E-state index is 12.6. The number of rotatable bonds is 7. The average Bonchev–Trinajstić information content (AvgIpc) is 2.76. The van der Waals surface area contributed by atoms with Gasteiger partial charge in [-0.2, -0.15) is 0 Å². The molecule has 0 unspecified atom stereocenters. The Kier molecular flexibility index (Phi) is 5.95. The fraction of sp³-hybridized carbons (Fsp3) is 0.500. The minimum Gasteiger partial charge on any atom is -0.355 e. The lowest BCUT2D eigenvalue weighted by atomic mass is 10.2. The van der Waals surface area contributed by atoms with E-state index in [0.29, 0.717) is 12.2 Å². The molecule has 0 radical (unpaired) electrons. The molecule has 1 aromatic carbocycles. The minimum absolute atomic E-state index is 0.226. The van der Waals surface area contributed by atoms with Crippen LogP contribution in [0.4, 0.5) is 10.5 Å². The quantitative estimate of drug-likeness (QED) is 0.616. The van der Waals surface area contributed by atoms with Crippen molar-refractivity contribution in [3.63, 3.8) is 0 Å². The lowest BCUT2D eigenvalue weighted by molar-refractivity contribution is -0.131. The summed E-state index contributed by atoms with van der Waals surface area (Å²) in [5.74, 6) is -0.643. The Morgan fingerprint density at radius 3 is 2.46 bits per heavy atom. The van der Waals surface area contributed by atoms with Crippen molar-refractivity contribution < 1.29 is 14.4 Å². The fourth-order valence-corrected chi connectivity index (χ4v) is 2.71. The van der Waals surface area contributed by atoms with Gasteiger partial charge in [-0.15, -0.1) is 0 Å². The highest BCUT2D eigenvalue weighted by molar-refractivity contribution is 6.15. The number of carbonyl (C=O) groups is 3. The van der Waals surface area contributed by atoms with Gasteiger partial charge in [-0.3, -0.25) is 19.4 Å². The van der Waals surface area contributed by atoms with Crippen molar-refractivity contribution in [2.45, 2.75) is 46.1 Å². The average molecular weight is 331 g/mol. The molecule has 2 rings (SSSR count). The van der Waals surface area contributed by atoms with Gasteiger partial charge >= 0.3 is 6.03 Å². The van der Waals surface area contributed by atoms with Crippen molar-refractivity contribution in [1.29, 1.82) is 0 Å². The Balaban J connectivity index is 2.02. The van der Waals surface area contributed by atoms with E-state index >= 15 is 0 Å². The number of hydrogen-bond donors (Lipinski definition) is 1. The van der Waals surface area contributed by atoms with Crippen molar-refractivity contribution in [1.82, 2.24) is 10.2 Å². The first-order valence-electron chi connectivity index (χ1n) is 8.43. The zero-order valence-electron chi connectivity index (χ0n) is 14.5. The van der Waals surface area contributed by atoms with E-state index in [1.165, 1.54) is 4.90 Å². The summed E-state index contributed by atoms with van der Waals surface area (Å²) in [6.07, 6.45) is 3.01. The number of amides is 4. The highest BCUT2D eigenvalue weighted by atomic mass is 16.2. The number of imide groups is 1. The number of anilines is 1. The molecule has 1 aliphatic heterocycles. The Morgan fingerprint density at radius 1 is 1.17 bits per heavy atom. The predicted octanol–water partition coefficient (Wildman–Crippen LogP) is 2.46. The van der Waals surface area contributed by atoms with Gasteiger partial charge in [0, 0.05) is 12.2 Å². The molecule has 24 heavy (non-hydrogen) atoms. The van der Waals surface area contributed by atoms with Crippen LogP contribution in [0.25, 0.3) is 0 Å². The van der Waals surface area contributed by atoms with Gasteiger partial charge in [0.15, 0.2) is 0 Å². The number of aryl methyl sites for hydroxylation is 1. The molecule has 6 nitrogen and oxygen atoms in total. The number of hydrogen-bond acceptors (Lipinski definition) is 3. The Morgan fingerprint density at radius 2 is 1.83 bits per heavy atom. The Labute approximate surface area is 142 Å². The van der Waals surface area contributed by atoms with E-state index in [9.17, 15) is 14.4 Å². The van der Waals surface area contributed by atoms with Crippen molar-refractivity contribution in [2.75, 3.05) is 18.0 Å². The van der Waals surface area contributed by atoms with Gasteiger partial charge in [-0.1, -0.05) is 37.5 Å². The SMILES string of the molecule is CCCCCNC(=O)CN1C(=O)[C@H](C)N(c2ccc(C)cc2)C1=O. The largest absolute Gasteiger partial charge is 0.355 e. The minimum atomic E-state index is -0.604. The molecule has 1 aliphatic rings. The van der Waals surface area contributed by atoms with Crippen LogP contribution in [-0.4, -0.2) is 41.9 Å². The number of urea groups is 1. The van der Waals surface area contributed by atoms with Crippen LogP contribution < -0.4 is 10.2 Å². The van der Waals surface area contributed by atoms with E-state index in [1.807, 2.05) is 31.2 Å². The second-order valence-corrected chi connectivity index (χ2v) is 6.15. The zero-order chi connectivity index (χ0) is 17.7. The van der Waals surface area contributed by atoms with Crippen LogP contribution in [0.2, 0.25) is 0 Å². The van der Waals surface area contributed by atoms with Gasteiger partial charge in [0.25, 0.3) is 5.91 Å². The Bertz CT molecular complexity index is 612. The van der Waals surface area contributed by atoms with Crippen molar-refractivity contribution in [3.05, 3.63) is 29.8 Å². The van der Waals surface area contributed by atoms with Gasteiger partial charge in [0.1, 0.15) is 12.6 Å². The molecule has 1 heterocycles. The highest BCUT2D eigenvalue weighted by Gasteiger charge is 2.43. The molecule has 1 atom stereocenters. The second kappa shape index (κ2) is 7.95. The second-order valence-electron chi connectivity index (χ2n) is 6.15. The lowest BCUT2D eigenvalue weighted by Crippen LogP contribution is -2.41. The topological polar surface area (TPSA) is 69.7 Å². The third-order valence-electron chi connectivity index (χ3n) is 4.16. The molecule has 0 bridgehead atoms. The molecule has 0 spiro atoms. The molecular formula is C18H25N3O3. The molecule has 1 fully saturated rings. The third-order valence-corrected chi connectivity index (χ3v) is 4.16. The summed E-state index contributed by atoms with van der Waals surface area (Å²) in [6.45, 7) is 6.07. The summed E-state index contributed by atoms with van der Waals surface area (Å²) < 4.78 is 0. The first kappa shape index (κ1) is 18.0. The van der Waals surface area contributed by atoms with Crippen LogP contribution in [-0.2, 0) is 9.59 Å². The van der Waals surface area contributed by atoms with E-state index in [0.717, 1.165) is 29.7 Å². The number of nitrogens with zero attached hydrogens (tertiary/aromatic N) is 2. The summed E-state index contributed by atoms with van der Waals surface area (Å²) in [5, 5.41) is 2.76. The highest BCUT2D eigenvalue weighted by Crippen LogP contribution is 2.25. The number of carbonyl (C=O) groups excluding carboxylic acids is 3. The Hall–Kier alpha value is -2.37. The standard InChI is InChI=1S/C18H25N3O3/c1-4-5-6-11-19-16(22)12-20-17(23)14(3)21(18(20)24)15-9-7-13(2)8-10-15/h7-10,14H,4-6,11-12H2,1-3H3,(H,19,22)/t14-/m0/s1. The molecular weight excluding hydrogens is 306 g/mol. The normalized spacial score (nSPS) is 17.5. The monoisotopic (exact) mass is 331 g/mol. The van der Waals surface area contributed by atoms with Gasteiger partial charge in [0.05, 0.1) is 0 Å². The molecule has 1 N–H and O–H groups in total. The third kappa shape index (κ3) is 3.93. The molecule has 0 aromatic heterocycles. The molecule has 0 saturated carbocycles. The molecule has 6 heteroatoms. The van der Waals surface area contributed by atoms with E-state index in [-0.39, 0.29) is 18.4 Å². The fourth-order valence-electron chi connectivity index (χ4n) is 2.71. The summed E-state index contributed by atoms with van der Waals surface area (Å²) in [5.41, 5.74) is 1.74. The molecule has 1 saturated heterocycles. The first-order valence-corrected chi connectivity index (χ1v) is 8.43. The summed E-state index contributed by atoms with van der Waals surface area (Å²) >= 11 is 0. The predicted molar refractivity (Wildman–Crippen MR) is 92.8 cm³/mol. The molecule has 4 amide bonds. The van der Waals surface area contributed by atoms with Crippen LogP contribution in [0.15, 0.2) is 24.3 Å². The van der Waals surface area contributed by atoms with Gasteiger partial charge in [-0.25, -0.2) is 4.79 Å². The van der Waals surface area contributed by atoms with Gasteiger partial charge in [0.2, 0.25) is 5.91 Å². The van der Waals surface area contributed by atoms with Crippen LogP contribution in [0.5, 0.6) is 0 Å². The van der Waals surface area contributed by atoms with E-state index in [1.54, 1.807) is 6.92 Å². The smallest absolute Gasteiger partial charge is 0.332 e. The number of benzene rings is 1. The van der Waals surface area contributed by atoms with E-state index in [4.69, 9.17) is 0 Å². The van der Waals surface area contributed by atoms with E-state index in [2.05, 4.69) is 12.2 Å². The van der Waals surface area contributed by atoms with E-state index < -0.39 is 12.1 Å². The molecule has 0 aliphatic carbocycles. The van der Waals surface area contributed by atoms with Crippen molar-refractivity contribution in [3.8, 4) is 0 Å². The van der Waals surface area contributed by atoms with Crippen LogP contribution in [0.3, 0.4) is 0 Å². The van der Waals surface area contributed by atoms with Crippen LogP contribution in [0.1, 0.15) is 38.7 Å². The molecule has 130 valence electrons. The first-order chi connectivity index (χ1) is 11.5. The van der Waals surface area contributed by atoms with Gasteiger partial charge < -0.3 is 5.32 Å².